The number of carbonyl (C=O) groups is 2. The van der Waals surface area contributed by atoms with Crippen LogP contribution in [0.2, 0.25) is 0 Å². The Labute approximate surface area is 122 Å². The third-order valence-corrected chi connectivity index (χ3v) is 4.48. The second kappa shape index (κ2) is 8.98. The van der Waals surface area contributed by atoms with Crippen LogP contribution in [0.5, 0.6) is 0 Å². The molecule has 4 heteroatoms. The van der Waals surface area contributed by atoms with Crippen molar-refractivity contribution < 1.29 is 14.7 Å². The minimum absolute atomic E-state index is 0.00226. The molecule has 0 aromatic heterocycles. The first-order chi connectivity index (χ1) is 9.54. The minimum Gasteiger partial charge on any atom is -0.480 e. The molecule has 1 atom stereocenters. The van der Waals surface area contributed by atoms with Gasteiger partial charge < -0.3 is 10.0 Å². The van der Waals surface area contributed by atoms with Gasteiger partial charge in [-0.1, -0.05) is 39.0 Å². The van der Waals surface area contributed by atoms with Crippen LogP contribution in [0, 0.1) is 5.92 Å². The highest BCUT2D eigenvalue weighted by Gasteiger charge is 2.21. The molecule has 0 heterocycles. The van der Waals surface area contributed by atoms with Crippen LogP contribution < -0.4 is 0 Å². The maximum absolute atomic E-state index is 12.2. The van der Waals surface area contributed by atoms with Crippen LogP contribution in [-0.2, 0) is 9.59 Å². The number of carboxylic acid groups (broad SMARTS) is 1. The highest BCUT2D eigenvalue weighted by atomic mass is 16.4. The molecule has 0 saturated heterocycles. The zero-order valence-corrected chi connectivity index (χ0v) is 12.9. The summed E-state index contributed by atoms with van der Waals surface area (Å²) < 4.78 is 0. The van der Waals surface area contributed by atoms with Gasteiger partial charge >= 0.3 is 5.97 Å². The first-order valence-corrected chi connectivity index (χ1v) is 8.05. The molecule has 0 radical (unpaired) electrons. The normalized spacial score (nSPS) is 17.7. The number of rotatable bonds is 8. The van der Waals surface area contributed by atoms with Crippen LogP contribution in [0.15, 0.2) is 0 Å². The van der Waals surface area contributed by atoms with Gasteiger partial charge in [0, 0.05) is 12.5 Å². The number of amides is 1. The van der Waals surface area contributed by atoms with Crippen molar-refractivity contribution >= 4 is 11.9 Å². The van der Waals surface area contributed by atoms with Crippen molar-refractivity contribution in [1.29, 1.82) is 0 Å². The van der Waals surface area contributed by atoms with E-state index in [2.05, 4.69) is 0 Å². The fourth-order valence-corrected chi connectivity index (χ4v) is 3.02. The fraction of sp³-hybridized carbons (Fsp3) is 0.875. The summed E-state index contributed by atoms with van der Waals surface area (Å²) in [4.78, 5) is 24.6. The van der Waals surface area contributed by atoms with Crippen molar-refractivity contribution in [1.82, 2.24) is 4.90 Å². The van der Waals surface area contributed by atoms with Gasteiger partial charge in [0.1, 0.15) is 6.54 Å². The molecule has 1 saturated carbocycles. The Hall–Kier alpha value is -1.06. The first kappa shape index (κ1) is 17.0. The van der Waals surface area contributed by atoms with E-state index in [1.165, 1.54) is 37.0 Å². The van der Waals surface area contributed by atoms with E-state index < -0.39 is 5.97 Å². The van der Waals surface area contributed by atoms with E-state index in [0.717, 1.165) is 25.2 Å². The SMILES string of the molecule is CCC(C)N(CC(=O)O)C(=O)CCCC1CCCCC1. The largest absolute Gasteiger partial charge is 0.480 e. The average Bonchev–Trinajstić information content (AvgIpc) is 2.44. The van der Waals surface area contributed by atoms with E-state index in [1.54, 1.807) is 0 Å². The predicted octanol–water partition coefficient (Wildman–Crippen LogP) is 3.45. The summed E-state index contributed by atoms with van der Waals surface area (Å²) in [5.41, 5.74) is 0. The summed E-state index contributed by atoms with van der Waals surface area (Å²) in [6.45, 7) is 3.73. The van der Waals surface area contributed by atoms with Crippen molar-refractivity contribution in [3.8, 4) is 0 Å². The molecule has 1 rings (SSSR count). The van der Waals surface area contributed by atoms with Gasteiger partial charge in [-0.25, -0.2) is 0 Å². The van der Waals surface area contributed by atoms with Gasteiger partial charge in [-0.3, -0.25) is 9.59 Å². The predicted molar refractivity (Wildman–Crippen MR) is 79.5 cm³/mol. The number of aliphatic carboxylic acids is 1. The Morgan fingerprint density at radius 2 is 1.90 bits per heavy atom. The van der Waals surface area contributed by atoms with Crippen LogP contribution >= 0.6 is 0 Å². The van der Waals surface area contributed by atoms with Gasteiger partial charge in [0.05, 0.1) is 0 Å². The maximum Gasteiger partial charge on any atom is 0.323 e. The number of hydrogen-bond donors (Lipinski definition) is 1. The average molecular weight is 283 g/mol. The molecule has 20 heavy (non-hydrogen) atoms. The highest BCUT2D eigenvalue weighted by molar-refractivity contribution is 5.81. The van der Waals surface area contributed by atoms with Gasteiger partial charge in [-0.2, -0.15) is 0 Å². The molecule has 116 valence electrons. The van der Waals surface area contributed by atoms with Crippen LogP contribution in [0.25, 0.3) is 0 Å². The summed E-state index contributed by atoms with van der Waals surface area (Å²) in [6.07, 6.45) is 9.93. The Morgan fingerprint density at radius 1 is 1.25 bits per heavy atom. The third kappa shape index (κ3) is 5.93. The van der Waals surface area contributed by atoms with Crippen molar-refractivity contribution in [2.75, 3.05) is 6.54 Å². The van der Waals surface area contributed by atoms with Crippen LogP contribution in [0.4, 0.5) is 0 Å². The summed E-state index contributed by atoms with van der Waals surface area (Å²) in [5, 5.41) is 8.91. The lowest BCUT2D eigenvalue weighted by molar-refractivity contribution is -0.146. The molecule has 1 amide bonds. The van der Waals surface area contributed by atoms with Crippen molar-refractivity contribution in [2.45, 2.75) is 77.7 Å². The smallest absolute Gasteiger partial charge is 0.323 e. The fourth-order valence-electron chi connectivity index (χ4n) is 3.02. The number of nitrogens with zero attached hydrogens (tertiary/aromatic N) is 1. The number of carbonyl (C=O) groups excluding carboxylic acids is 1. The van der Waals surface area contributed by atoms with Gasteiger partial charge in [-0.15, -0.1) is 0 Å². The Kier molecular flexibility index (Phi) is 7.63. The Bertz CT molecular complexity index is 311. The van der Waals surface area contributed by atoms with Crippen LogP contribution in [-0.4, -0.2) is 34.5 Å². The zero-order valence-electron chi connectivity index (χ0n) is 12.9. The minimum atomic E-state index is -0.925. The number of carboxylic acids is 1. The number of hydrogen-bond acceptors (Lipinski definition) is 2. The molecule has 1 aliphatic carbocycles. The van der Waals surface area contributed by atoms with E-state index in [9.17, 15) is 9.59 Å². The molecule has 0 bridgehead atoms. The van der Waals surface area contributed by atoms with E-state index in [0.29, 0.717) is 6.42 Å². The standard InChI is InChI=1S/C16H29NO3/c1-3-13(2)17(12-16(19)20)15(18)11-7-10-14-8-5-4-6-9-14/h13-14H,3-12H2,1-2H3,(H,19,20). The second-order valence-electron chi connectivity index (χ2n) is 6.07. The molecule has 0 aromatic rings. The van der Waals surface area contributed by atoms with Crippen LogP contribution in [0.1, 0.15) is 71.6 Å². The first-order valence-electron chi connectivity index (χ1n) is 8.05. The molecular formula is C16H29NO3. The quantitative estimate of drug-likeness (QED) is 0.742. The van der Waals surface area contributed by atoms with Crippen molar-refractivity contribution in [3.63, 3.8) is 0 Å². The van der Waals surface area contributed by atoms with Gasteiger partial charge in [0.15, 0.2) is 0 Å². The molecule has 0 spiro atoms. The molecular weight excluding hydrogens is 254 g/mol. The summed E-state index contributed by atoms with van der Waals surface area (Å²) in [5.74, 6) is -0.142. The molecule has 0 aromatic carbocycles. The van der Waals surface area contributed by atoms with Crippen molar-refractivity contribution in [2.24, 2.45) is 5.92 Å². The maximum atomic E-state index is 12.2. The summed E-state index contributed by atoms with van der Waals surface area (Å²) in [7, 11) is 0. The Balaban J connectivity index is 2.34. The van der Waals surface area contributed by atoms with E-state index in [-0.39, 0.29) is 18.5 Å². The van der Waals surface area contributed by atoms with Gasteiger partial charge in [0.2, 0.25) is 5.91 Å². The third-order valence-electron chi connectivity index (χ3n) is 4.48. The topological polar surface area (TPSA) is 57.6 Å². The van der Waals surface area contributed by atoms with E-state index in [4.69, 9.17) is 5.11 Å². The lowest BCUT2D eigenvalue weighted by Crippen LogP contribution is -2.41. The lowest BCUT2D eigenvalue weighted by atomic mass is 9.86. The second-order valence-corrected chi connectivity index (χ2v) is 6.07. The molecule has 1 aliphatic rings. The zero-order chi connectivity index (χ0) is 15.0. The van der Waals surface area contributed by atoms with Crippen LogP contribution in [0.3, 0.4) is 0 Å². The molecule has 1 unspecified atom stereocenters. The van der Waals surface area contributed by atoms with Gasteiger partial charge in [0.25, 0.3) is 0 Å². The molecule has 0 aliphatic heterocycles. The molecule has 1 N–H and O–H groups in total. The lowest BCUT2D eigenvalue weighted by Gasteiger charge is -2.27. The Morgan fingerprint density at radius 3 is 2.45 bits per heavy atom. The summed E-state index contributed by atoms with van der Waals surface area (Å²) in [6, 6.07) is 0.00767. The van der Waals surface area contributed by atoms with Crippen molar-refractivity contribution in [3.05, 3.63) is 0 Å². The van der Waals surface area contributed by atoms with Gasteiger partial charge in [-0.05, 0) is 32.1 Å². The summed E-state index contributed by atoms with van der Waals surface area (Å²) >= 11 is 0. The van der Waals surface area contributed by atoms with E-state index in [1.807, 2.05) is 13.8 Å². The molecule has 1 fully saturated rings. The molecule has 4 nitrogen and oxygen atoms in total. The highest BCUT2D eigenvalue weighted by Crippen LogP contribution is 2.27. The van der Waals surface area contributed by atoms with E-state index >= 15 is 0 Å². The monoisotopic (exact) mass is 283 g/mol.